The molecule has 21 heavy (non-hydrogen) atoms. The predicted molar refractivity (Wildman–Crippen MR) is 81.9 cm³/mol. The molecule has 1 aliphatic carbocycles. The molecule has 5 heteroatoms. The number of aromatic nitrogens is 1. The van der Waals surface area contributed by atoms with E-state index in [1.165, 1.54) is 18.7 Å². The third-order valence-electron chi connectivity index (χ3n) is 4.02. The topological polar surface area (TPSA) is 54.0 Å². The van der Waals surface area contributed by atoms with Crippen molar-refractivity contribution < 1.29 is 9.18 Å². The molecule has 0 spiro atoms. The fourth-order valence-electron chi connectivity index (χ4n) is 2.99. The first-order chi connectivity index (χ1) is 9.93. The normalized spacial score (nSPS) is 20.9. The molecule has 2 rings (SSSR count). The van der Waals surface area contributed by atoms with E-state index < -0.39 is 5.82 Å². The van der Waals surface area contributed by atoms with Crippen LogP contribution in [0.25, 0.3) is 0 Å². The number of halogens is 1. The number of rotatable bonds is 4. The van der Waals surface area contributed by atoms with Gasteiger partial charge in [0.2, 0.25) is 0 Å². The zero-order valence-electron chi connectivity index (χ0n) is 13.0. The van der Waals surface area contributed by atoms with Crippen LogP contribution in [0.4, 0.5) is 10.2 Å². The highest BCUT2D eigenvalue weighted by molar-refractivity contribution is 5.95. The molecule has 1 aliphatic rings. The molecular weight excluding hydrogens is 269 g/mol. The van der Waals surface area contributed by atoms with Crippen LogP contribution in [0.5, 0.6) is 0 Å². The lowest BCUT2D eigenvalue weighted by Gasteiger charge is -2.35. The van der Waals surface area contributed by atoms with Gasteiger partial charge in [-0.3, -0.25) is 4.79 Å². The summed E-state index contributed by atoms with van der Waals surface area (Å²) in [6.07, 6.45) is 5.63. The molecule has 0 aliphatic heterocycles. The van der Waals surface area contributed by atoms with Crippen molar-refractivity contribution in [3.63, 3.8) is 0 Å². The van der Waals surface area contributed by atoms with Gasteiger partial charge in [0.15, 0.2) is 11.6 Å². The maximum Gasteiger partial charge on any atom is 0.254 e. The van der Waals surface area contributed by atoms with Crippen LogP contribution in [0.15, 0.2) is 12.3 Å². The van der Waals surface area contributed by atoms with Crippen molar-refractivity contribution in [3.8, 4) is 0 Å². The number of nitrogens with zero attached hydrogens (tertiary/aromatic N) is 1. The second-order valence-corrected chi connectivity index (χ2v) is 6.48. The smallest absolute Gasteiger partial charge is 0.254 e. The molecule has 1 saturated carbocycles. The van der Waals surface area contributed by atoms with Crippen molar-refractivity contribution in [2.75, 3.05) is 11.9 Å². The Morgan fingerprint density at radius 3 is 2.95 bits per heavy atom. The molecule has 2 N–H and O–H groups in total. The molecule has 1 amide bonds. The number of anilines is 1. The molecule has 116 valence electrons. The summed E-state index contributed by atoms with van der Waals surface area (Å²) in [7, 11) is 0. The molecule has 1 atom stereocenters. The Morgan fingerprint density at radius 2 is 2.29 bits per heavy atom. The van der Waals surface area contributed by atoms with Crippen LogP contribution < -0.4 is 10.6 Å². The van der Waals surface area contributed by atoms with Gasteiger partial charge in [0, 0.05) is 18.8 Å². The van der Waals surface area contributed by atoms with E-state index in [0.717, 1.165) is 19.3 Å². The first-order valence-electron chi connectivity index (χ1n) is 7.62. The van der Waals surface area contributed by atoms with Gasteiger partial charge in [-0.1, -0.05) is 20.3 Å². The Morgan fingerprint density at radius 1 is 1.52 bits per heavy atom. The number of hydrogen-bond donors (Lipinski definition) is 2. The summed E-state index contributed by atoms with van der Waals surface area (Å²) in [5.41, 5.74) is 0.298. The maximum absolute atomic E-state index is 14.2. The van der Waals surface area contributed by atoms with Crippen LogP contribution in [0.1, 0.15) is 56.8 Å². The number of pyridine rings is 1. The summed E-state index contributed by atoms with van der Waals surface area (Å²) in [4.78, 5) is 16.2. The van der Waals surface area contributed by atoms with Crippen molar-refractivity contribution in [2.24, 2.45) is 5.41 Å². The molecule has 0 radical (unpaired) electrons. The van der Waals surface area contributed by atoms with Crippen LogP contribution >= 0.6 is 0 Å². The van der Waals surface area contributed by atoms with E-state index in [1.807, 2.05) is 6.92 Å². The lowest BCUT2D eigenvalue weighted by Crippen LogP contribution is -2.41. The van der Waals surface area contributed by atoms with E-state index in [-0.39, 0.29) is 28.7 Å². The summed E-state index contributed by atoms with van der Waals surface area (Å²) in [5.74, 6) is -0.794. The molecule has 0 saturated heterocycles. The van der Waals surface area contributed by atoms with Gasteiger partial charge in [-0.05, 0) is 37.7 Å². The summed E-state index contributed by atoms with van der Waals surface area (Å²) in [6, 6.07) is 1.55. The van der Waals surface area contributed by atoms with Crippen LogP contribution in [-0.4, -0.2) is 23.5 Å². The number of carbonyl (C=O) groups is 1. The Hall–Kier alpha value is -1.65. The SMILES string of the molecule is CCNc1nccc(C(=O)NC2CCCC(C)(C)C2)c1F. The minimum absolute atomic E-state index is 0.0596. The van der Waals surface area contributed by atoms with Gasteiger partial charge in [0.05, 0.1) is 5.56 Å². The summed E-state index contributed by atoms with van der Waals surface area (Å²) < 4.78 is 14.2. The van der Waals surface area contributed by atoms with E-state index in [2.05, 4.69) is 29.5 Å². The van der Waals surface area contributed by atoms with Crippen molar-refractivity contribution in [1.29, 1.82) is 0 Å². The van der Waals surface area contributed by atoms with E-state index in [9.17, 15) is 9.18 Å². The van der Waals surface area contributed by atoms with E-state index in [4.69, 9.17) is 0 Å². The van der Waals surface area contributed by atoms with Crippen molar-refractivity contribution in [1.82, 2.24) is 10.3 Å². The molecule has 4 nitrogen and oxygen atoms in total. The zero-order chi connectivity index (χ0) is 15.5. The monoisotopic (exact) mass is 293 g/mol. The molecule has 1 fully saturated rings. The van der Waals surface area contributed by atoms with Crippen molar-refractivity contribution >= 4 is 11.7 Å². The van der Waals surface area contributed by atoms with Gasteiger partial charge in [0.1, 0.15) is 0 Å². The standard InChI is InChI=1S/C16H24FN3O/c1-4-18-14-13(17)12(7-9-19-14)15(21)20-11-6-5-8-16(2,3)10-11/h7,9,11H,4-6,8,10H2,1-3H3,(H,18,19)(H,20,21). The second kappa shape index (κ2) is 6.41. The predicted octanol–water partition coefficient (Wildman–Crippen LogP) is 3.35. The lowest BCUT2D eigenvalue weighted by molar-refractivity contribution is 0.0898. The lowest BCUT2D eigenvalue weighted by atomic mass is 9.75. The summed E-state index contributed by atoms with van der Waals surface area (Å²) in [6.45, 7) is 6.84. The van der Waals surface area contributed by atoms with Crippen LogP contribution in [0.3, 0.4) is 0 Å². The van der Waals surface area contributed by atoms with Crippen LogP contribution in [-0.2, 0) is 0 Å². The van der Waals surface area contributed by atoms with Gasteiger partial charge in [0.25, 0.3) is 5.91 Å². The Bertz CT molecular complexity index is 516. The van der Waals surface area contributed by atoms with Gasteiger partial charge >= 0.3 is 0 Å². The highest BCUT2D eigenvalue weighted by Gasteiger charge is 2.29. The van der Waals surface area contributed by atoms with E-state index in [1.54, 1.807) is 0 Å². The maximum atomic E-state index is 14.2. The fraction of sp³-hybridized carbons (Fsp3) is 0.625. The molecule has 1 aromatic heterocycles. The quantitative estimate of drug-likeness (QED) is 0.895. The van der Waals surface area contributed by atoms with Gasteiger partial charge in [-0.25, -0.2) is 9.37 Å². The number of hydrogen-bond acceptors (Lipinski definition) is 3. The molecular formula is C16H24FN3O. The van der Waals surface area contributed by atoms with Crippen molar-refractivity contribution in [2.45, 2.75) is 52.5 Å². The third-order valence-corrected chi connectivity index (χ3v) is 4.02. The van der Waals surface area contributed by atoms with Crippen LogP contribution in [0.2, 0.25) is 0 Å². The number of carbonyl (C=O) groups excluding carboxylic acids is 1. The van der Waals surface area contributed by atoms with Crippen LogP contribution in [0, 0.1) is 11.2 Å². The van der Waals surface area contributed by atoms with Gasteiger partial charge in [-0.2, -0.15) is 0 Å². The first kappa shape index (κ1) is 15.7. The molecule has 1 unspecified atom stereocenters. The van der Waals surface area contributed by atoms with Crippen molar-refractivity contribution in [3.05, 3.63) is 23.6 Å². The Labute approximate surface area is 125 Å². The van der Waals surface area contributed by atoms with E-state index in [0.29, 0.717) is 6.54 Å². The number of amides is 1. The largest absolute Gasteiger partial charge is 0.368 e. The molecule has 1 aromatic rings. The minimum atomic E-state index is -0.577. The molecule has 1 heterocycles. The summed E-state index contributed by atoms with van der Waals surface area (Å²) in [5, 5.41) is 5.79. The highest BCUT2D eigenvalue weighted by atomic mass is 19.1. The van der Waals surface area contributed by atoms with Gasteiger partial charge in [-0.15, -0.1) is 0 Å². The van der Waals surface area contributed by atoms with E-state index >= 15 is 0 Å². The summed E-state index contributed by atoms with van der Waals surface area (Å²) >= 11 is 0. The average molecular weight is 293 g/mol. The molecule has 0 bridgehead atoms. The fourth-order valence-corrected chi connectivity index (χ4v) is 2.99. The zero-order valence-corrected chi connectivity index (χ0v) is 13.0. The second-order valence-electron chi connectivity index (χ2n) is 6.48. The van der Waals surface area contributed by atoms with Gasteiger partial charge < -0.3 is 10.6 Å². The Kier molecular flexibility index (Phi) is 4.80. The minimum Gasteiger partial charge on any atom is -0.368 e. The molecule has 0 aromatic carbocycles. The highest BCUT2D eigenvalue weighted by Crippen LogP contribution is 2.35. The number of nitrogens with one attached hydrogen (secondary N) is 2. The first-order valence-corrected chi connectivity index (χ1v) is 7.62. The Balaban J connectivity index is 2.08. The third kappa shape index (κ3) is 3.93. The average Bonchev–Trinajstić information content (AvgIpc) is 2.40.